The van der Waals surface area contributed by atoms with Gasteiger partial charge in [-0.3, -0.25) is 4.79 Å². The zero-order valence-corrected chi connectivity index (χ0v) is 14.2. The number of benzene rings is 1. The molecule has 2 rings (SSSR count). The first-order valence-electron chi connectivity index (χ1n) is 7.38. The molecule has 1 heterocycles. The molecule has 0 unspecified atom stereocenters. The van der Waals surface area contributed by atoms with E-state index in [2.05, 4.69) is 0 Å². The molecule has 1 amide bonds. The van der Waals surface area contributed by atoms with Crippen molar-refractivity contribution in [3.8, 4) is 0 Å². The van der Waals surface area contributed by atoms with Crippen molar-refractivity contribution in [2.75, 3.05) is 19.6 Å². The van der Waals surface area contributed by atoms with Gasteiger partial charge >= 0.3 is 5.82 Å². The molecule has 0 saturated heterocycles. The fraction of sp³-hybridized carbons (Fsp3) is 0.312. The summed E-state index contributed by atoms with van der Waals surface area (Å²) >= 11 is 0. The standard InChI is InChI=1S/C16H20N4O3.ClH/c1-18-14(7-8-15(18)20(22)23)16(21)19(12-10-17)11-9-13-5-3-2-4-6-13;/h2-8H,9-12,17H2,1H3;1H. The molecule has 0 bridgehead atoms. The van der Waals surface area contributed by atoms with E-state index in [1.807, 2.05) is 30.3 Å². The lowest BCUT2D eigenvalue weighted by Crippen LogP contribution is -2.37. The van der Waals surface area contributed by atoms with Crippen molar-refractivity contribution in [3.05, 3.63) is 63.8 Å². The van der Waals surface area contributed by atoms with Gasteiger partial charge < -0.3 is 20.7 Å². The Bertz CT molecular complexity index is 688. The predicted octanol–water partition coefficient (Wildman–Crippen LogP) is 2.00. The Hall–Kier alpha value is -2.38. The second-order valence-electron chi connectivity index (χ2n) is 5.21. The number of nitro groups is 1. The zero-order chi connectivity index (χ0) is 16.8. The molecule has 8 heteroatoms. The van der Waals surface area contributed by atoms with Gasteiger partial charge in [-0.05, 0) is 23.0 Å². The summed E-state index contributed by atoms with van der Waals surface area (Å²) < 4.78 is 1.30. The van der Waals surface area contributed by atoms with Crippen LogP contribution < -0.4 is 5.73 Å². The largest absolute Gasteiger partial charge is 0.358 e. The van der Waals surface area contributed by atoms with Crippen LogP contribution in [0.5, 0.6) is 0 Å². The van der Waals surface area contributed by atoms with Crippen LogP contribution in [0, 0.1) is 10.1 Å². The lowest BCUT2D eigenvalue weighted by molar-refractivity contribution is -0.391. The Balaban J connectivity index is 0.00000288. The number of nitrogens with two attached hydrogens (primary N) is 1. The van der Waals surface area contributed by atoms with Crippen LogP contribution in [0.2, 0.25) is 0 Å². The number of carbonyl (C=O) groups is 1. The molecule has 2 N–H and O–H groups in total. The molecule has 0 atom stereocenters. The van der Waals surface area contributed by atoms with Crippen molar-refractivity contribution in [1.29, 1.82) is 0 Å². The monoisotopic (exact) mass is 352 g/mol. The molecule has 1 aromatic heterocycles. The minimum Gasteiger partial charge on any atom is -0.358 e. The number of carbonyl (C=O) groups excluding carboxylic acids is 1. The molecule has 0 aliphatic rings. The number of rotatable bonds is 7. The molecular formula is C16H21ClN4O3. The summed E-state index contributed by atoms with van der Waals surface area (Å²) in [6.07, 6.45) is 0.707. The summed E-state index contributed by atoms with van der Waals surface area (Å²) in [5, 5.41) is 10.9. The van der Waals surface area contributed by atoms with E-state index in [9.17, 15) is 14.9 Å². The van der Waals surface area contributed by atoms with Crippen LogP contribution >= 0.6 is 12.4 Å². The van der Waals surface area contributed by atoms with Crippen molar-refractivity contribution in [3.63, 3.8) is 0 Å². The quantitative estimate of drug-likeness (QED) is 0.609. The zero-order valence-electron chi connectivity index (χ0n) is 13.4. The van der Waals surface area contributed by atoms with Gasteiger partial charge in [-0.25, -0.2) is 4.57 Å². The smallest absolute Gasteiger partial charge is 0.323 e. The highest BCUT2D eigenvalue weighted by Crippen LogP contribution is 2.17. The van der Waals surface area contributed by atoms with Crippen LogP contribution in [0.25, 0.3) is 0 Å². The maximum atomic E-state index is 12.6. The molecule has 0 aliphatic carbocycles. The molecule has 7 nitrogen and oxygen atoms in total. The summed E-state index contributed by atoms with van der Waals surface area (Å²) in [5.74, 6) is -0.355. The third-order valence-corrected chi connectivity index (χ3v) is 3.70. The van der Waals surface area contributed by atoms with Crippen LogP contribution in [0.1, 0.15) is 16.1 Å². The first kappa shape index (κ1) is 19.7. The maximum Gasteiger partial charge on any atom is 0.323 e. The first-order chi connectivity index (χ1) is 11.0. The summed E-state index contributed by atoms with van der Waals surface area (Å²) in [6.45, 7) is 1.26. The molecule has 24 heavy (non-hydrogen) atoms. The fourth-order valence-electron chi connectivity index (χ4n) is 2.44. The van der Waals surface area contributed by atoms with E-state index in [1.165, 1.54) is 23.7 Å². The fourth-order valence-corrected chi connectivity index (χ4v) is 2.44. The van der Waals surface area contributed by atoms with Gasteiger partial charge in [0.25, 0.3) is 5.91 Å². The van der Waals surface area contributed by atoms with E-state index >= 15 is 0 Å². The Morgan fingerprint density at radius 1 is 1.21 bits per heavy atom. The highest BCUT2D eigenvalue weighted by molar-refractivity contribution is 5.93. The summed E-state index contributed by atoms with van der Waals surface area (Å²) in [6, 6.07) is 12.7. The molecule has 0 aliphatic heterocycles. The molecule has 2 aromatic rings. The van der Waals surface area contributed by atoms with Crippen molar-refractivity contribution in [1.82, 2.24) is 9.47 Å². The normalized spacial score (nSPS) is 10.1. The Kier molecular flexibility index (Phi) is 7.41. The summed E-state index contributed by atoms with van der Waals surface area (Å²) in [5.41, 5.74) is 7.01. The minimum atomic E-state index is -0.506. The lowest BCUT2D eigenvalue weighted by atomic mass is 10.1. The highest BCUT2D eigenvalue weighted by atomic mass is 35.5. The Morgan fingerprint density at radius 3 is 2.42 bits per heavy atom. The SMILES string of the molecule is Cl.Cn1c(C(=O)N(CCN)CCc2ccccc2)ccc1[N+](=O)[O-]. The second-order valence-corrected chi connectivity index (χ2v) is 5.21. The van der Waals surface area contributed by atoms with Gasteiger partial charge in [-0.1, -0.05) is 30.3 Å². The van der Waals surface area contributed by atoms with Crippen LogP contribution in [-0.2, 0) is 13.5 Å². The number of halogens is 1. The van der Waals surface area contributed by atoms with Gasteiger partial charge in [0.15, 0.2) is 5.69 Å². The van der Waals surface area contributed by atoms with E-state index in [4.69, 9.17) is 5.73 Å². The lowest BCUT2D eigenvalue weighted by Gasteiger charge is -2.21. The predicted molar refractivity (Wildman–Crippen MR) is 94.4 cm³/mol. The van der Waals surface area contributed by atoms with Gasteiger partial charge in [-0.2, -0.15) is 0 Å². The summed E-state index contributed by atoms with van der Waals surface area (Å²) in [7, 11) is 1.52. The van der Waals surface area contributed by atoms with Gasteiger partial charge in [0.2, 0.25) is 0 Å². The van der Waals surface area contributed by atoms with E-state index < -0.39 is 4.92 Å². The third-order valence-electron chi connectivity index (χ3n) is 3.70. The van der Waals surface area contributed by atoms with Gasteiger partial charge in [0, 0.05) is 25.7 Å². The Labute approximate surface area is 146 Å². The highest BCUT2D eigenvalue weighted by Gasteiger charge is 2.24. The van der Waals surface area contributed by atoms with Crippen molar-refractivity contribution in [2.24, 2.45) is 12.8 Å². The number of nitrogens with zero attached hydrogens (tertiary/aromatic N) is 3. The van der Waals surface area contributed by atoms with E-state index in [0.717, 1.165) is 5.56 Å². The van der Waals surface area contributed by atoms with Crippen LogP contribution in [0.4, 0.5) is 5.82 Å². The van der Waals surface area contributed by atoms with Gasteiger partial charge in [0.05, 0.1) is 7.05 Å². The third kappa shape index (κ3) is 4.56. The molecular weight excluding hydrogens is 332 g/mol. The van der Waals surface area contributed by atoms with Gasteiger partial charge in [-0.15, -0.1) is 12.4 Å². The number of aromatic nitrogens is 1. The molecule has 0 radical (unpaired) electrons. The topological polar surface area (TPSA) is 94.4 Å². The van der Waals surface area contributed by atoms with Crippen LogP contribution in [0.15, 0.2) is 42.5 Å². The molecule has 0 saturated carbocycles. The number of amides is 1. The van der Waals surface area contributed by atoms with Crippen molar-refractivity contribution >= 4 is 24.1 Å². The minimum absolute atomic E-state index is 0. The van der Waals surface area contributed by atoms with Crippen molar-refractivity contribution in [2.45, 2.75) is 6.42 Å². The molecule has 130 valence electrons. The summed E-state index contributed by atoms with van der Waals surface area (Å²) in [4.78, 5) is 24.7. The average molecular weight is 353 g/mol. The molecule has 1 aromatic carbocycles. The van der Waals surface area contributed by atoms with E-state index in [1.54, 1.807) is 4.90 Å². The Morgan fingerprint density at radius 2 is 1.88 bits per heavy atom. The van der Waals surface area contributed by atoms with Gasteiger partial charge in [0.1, 0.15) is 0 Å². The van der Waals surface area contributed by atoms with E-state index in [-0.39, 0.29) is 24.1 Å². The number of hydrogen-bond donors (Lipinski definition) is 1. The average Bonchev–Trinajstić information content (AvgIpc) is 2.93. The van der Waals surface area contributed by atoms with E-state index in [0.29, 0.717) is 31.7 Å². The molecule has 0 fully saturated rings. The van der Waals surface area contributed by atoms with Crippen LogP contribution in [0.3, 0.4) is 0 Å². The second kappa shape index (κ2) is 9.05. The van der Waals surface area contributed by atoms with Crippen molar-refractivity contribution < 1.29 is 9.72 Å². The maximum absolute atomic E-state index is 12.6. The van der Waals surface area contributed by atoms with Crippen LogP contribution in [-0.4, -0.2) is 39.9 Å². The molecule has 0 spiro atoms. The first-order valence-corrected chi connectivity index (χ1v) is 7.38. The number of hydrogen-bond acceptors (Lipinski definition) is 4.